The van der Waals surface area contributed by atoms with Crippen LogP contribution in [0.3, 0.4) is 0 Å². The van der Waals surface area contributed by atoms with E-state index in [1.54, 1.807) is 0 Å². The summed E-state index contributed by atoms with van der Waals surface area (Å²) in [6, 6.07) is -3.37. The van der Waals surface area contributed by atoms with Crippen molar-refractivity contribution in [2.45, 2.75) is 456 Å². The van der Waals surface area contributed by atoms with Crippen LogP contribution in [0.4, 0.5) is 0 Å². The Morgan fingerprint density at radius 2 is 0.737 bits per heavy atom. The predicted octanol–water partition coefficient (Wildman–Crippen LogP) is 19.7. The van der Waals surface area contributed by atoms with Gasteiger partial charge in [0.25, 0.3) is 0 Å². The zero-order chi connectivity index (χ0) is 72.7. The van der Waals surface area contributed by atoms with Crippen LogP contribution in [0.15, 0.2) is 0 Å². The lowest BCUT2D eigenvalue weighted by Crippen LogP contribution is -2.66. The van der Waals surface area contributed by atoms with Crippen molar-refractivity contribution in [2.75, 3.05) is 13.2 Å². The first-order chi connectivity index (χ1) is 48.0. The highest BCUT2D eigenvalue weighted by atomic mass is 31.2. The molecule has 1 aliphatic heterocycles. The maximum absolute atomic E-state index is 14.8. The number of carbonyl (C=O) groups is 6. The number of carboxylic acids is 1. The van der Waals surface area contributed by atoms with Gasteiger partial charge in [-0.25, -0.2) is 9.36 Å². The average Bonchev–Trinajstić information content (AvgIpc) is 0.782. The average molecular weight is 1430 g/mol. The van der Waals surface area contributed by atoms with Crippen molar-refractivity contribution in [3.8, 4) is 0 Å². The number of ether oxygens (including phenoxy) is 5. The van der Waals surface area contributed by atoms with Gasteiger partial charge in [-0.05, 0) is 44.9 Å². The van der Waals surface area contributed by atoms with Crippen molar-refractivity contribution in [1.82, 2.24) is 10.6 Å². The number of phosphoric ester groups is 1. The molecular weight excluding hydrogens is 1280 g/mol. The highest BCUT2D eigenvalue weighted by Crippen LogP contribution is 2.42. The zero-order valence-electron chi connectivity index (χ0n) is 63.6. The Hall–Kier alpha value is -3.19. The normalized spacial score (nSPS) is 17.2. The molecule has 0 spiro atoms. The molecule has 582 valence electrons. The maximum Gasteiger partial charge on any atom is 0.470 e. The highest BCUT2D eigenvalue weighted by Gasteiger charge is 2.52. The van der Waals surface area contributed by atoms with Crippen LogP contribution in [0.2, 0.25) is 0 Å². The van der Waals surface area contributed by atoms with E-state index in [1.165, 1.54) is 141 Å². The first-order valence-electron chi connectivity index (χ1n) is 41.0. The third-order valence-corrected chi connectivity index (χ3v) is 19.9. The first-order valence-corrected chi connectivity index (χ1v) is 42.6. The van der Waals surface area contributed by atoms with E-state index in [4.69, 9.17) is 28.2 Å². The Balaban J connectivity index is 3.64. The zero-order valence-corrected chi connectivity index (χ0v) is 64.5. The third kappa shape index (κ3) is 55.0. The summed E-state index contributed by atoms with van der Waals surface area (Å²) in [4.78, 5) is 104. The van der Waals surface area contributed by atoms with E-state index in [0.29, 0.717) is 44.9 Å². The van der Waals surface area contributed by atoms with Gasteiger partial charge >= 0.3 is 31.7 Å². The van der Waals surface area contributed by atoms with Gasteiger partial charge in [-0.1, -0.05) is 330 Å². The smallest absolute Gasteiger partial charge is 0.470 e. The molecule has 99 heavy (non-hydrogen) atoms. The van der Waals surface area contributed by atoms with Crippen LogP contribution in [-0.2, 0) is 61.5 Å². The van der Waals surface area contributed by atoms with E-state index in [0.717, 1.165) is 154 Å². The lowest BCUT2D eigenvalue weighted by molar-refractivity contribution is -0.272. The quantitative estimate of drug-likeness (QED) is 0.0143. The van der Waals surface area contributed by atoms with Crippen LogP contribution in [0, 0.1) is 0 Å². The van der Waals surface area contributed by atoms with Gasteiger partial charge < -0.3 is 54.3 Å². The van der Waals surface area contributed by atoms with E-state index in [2.05, 4.69) is 45.3 Å². The highest BCUT2D eigenvalue weighted by molar-refractivity contribution is 7.46. The van der Waals surface area contributed by atoms with Gasteiger partial charge in [0, 0.05) is 19.3 Å². The van der Waals surface area contributed by atoms with E-state index in [9.17, 15) is 53.3 Å². The van der Waals surface area contributed by atoms with Crippen molar-refractivity contribution in [1.29, 1.82) is 0 Å². The Morgan fingerprint density at radius 3 is 1.07 bits per heavy atom. The summed E-state index contributed by atoms with van der Waals surface area (Å²) < 4.78 is 48.8. The molecule has 8 atom stereocenters. The molecule has 0 saturated carbocycles. The molecule has 1 aliphatic rings. The number of rotatable bonds is 72. The number of hydrogen-bond donors (Lipinski definition) is 6. The summed E-state index contributed by atoms with van der Waals surface area (Å²) in [5, 5.41) is 26.6. The summed E-state index contributed by atoms with van der Waals surface area (Å²) in [5.41, 5.74) is 0. The molecule has 6 N–H and O–H groups in total. The van der Waals surface area contributed by atoms with Crippen LogP contribution in [0.25, 0.3) is 0 Å². The van der Waals surface area contributed by atoms with E-state index < -0.39 is 112 Å². The van der Waals surface area contributed by atoms with Crippen LogP contribution >= 0.6 is 7.82 Å². The molecule has 0 radical (unpaired) electrons. The number of nitrogens with one attached hydrogen (secondary N) is 2. The molecule has 1 rings (SSSR count). The molecule has 1 saturated heterocycles. The number of phosphoric acid groups is 1. The maximum atomic E-state index is 14.8. The molecule has 0 unspecified atom stereocenters. The minimum atomic E-state index is -5.52. The molecule has 0 bridgehead atoms. The predicted molar refractivity (Wildman–Crippen MR) is 396 cm³/mol. The van der Waals surface area contributed by atoms with Crippen molar-refractivity contribution in [3.05, 3.63) is 0 Å². The number of amides is 2. The molecule has 19 nitrogen and oxygen atoms in total. The fourth-order valence-corrected chi connectivity index (χ4v) is 13.9. The summed E-state index contributed by atoms with van der Waals surface area (Å²) >= 11 is 0. The first kappa shape index (κ1) is 93.8. The number of aliphatic hydroxyl groups is 1. The monoisotopic (exact) mass is 1430 g/mol. The van der Waals surface area contributed by atoms with Gasteiger partial charge in [-0.3, -0.25) is 28.5 Å². The van der Waals surface area contributed by atoms with Gasteiger partial charge in [0.15, 0.2) is 18.4 Å². The summed E-state index contributed by atoms with van der Waals surface area (Å²) in [7, 11) is -5.52. The molecule has 1 heterocycles. The van der Waals surface area contributed by atoms with Gasteiger partial charge in [-0.2, -0.15) is 0 Å². The second-order valence-corrected chi connectivity index (χ2v) is 30.0. The van der Waals surface area contributed by atoms with E-state index >= 15 is 0 Å². The third-order valence-electron chi connectivity index (χ3n) is 19.4. The molecule has 0 aromatic rings. The number of unbranched alkanes of at least 4 members (excludes halogenated alkanes) is 46. The molecule has 1 fully saturated rings. The van der Waals surface area contributed by atoms with Crippen LogP contribution < -0.4 is 10.6 Å². The van der Waals surface area contributed by atoms with Gasteiger partial charge in [0.2, 0.25) is 11.8 Å². The second-order valence-electron chi connectivity index (χ2n) is 28.8. The minimum absolute atomic E-state index is 0.0598. The number of esters is 3. The fourth-order valence-electron chi connectivity index (χ4n) is 13.3. The Kier molecular flexibility index (Phi) is 62.1. The molecule has 0 aliphatic carbocycles. The van der Waals surface area contributed by atoms with Gasteiger partial charge in [0.05, 0.1) is 26.1 Å². The largest absolute Gasteiger partial charge is 0.480 e. The molecule has 0 aromatic heterocycles. The lowest BCUT2D eigenvalue weighted by Gasteiger charge is -2.45. The van der Waals surface area contributed by atoms with Crippen molar-refractivity contribution in [3.63, 3.8) is 0 Å². The number of aliphatic hydroxyl groups excluding tert-OH is 1. The van der Waals surface area contributed by atoms with Crippen LogP contribution in [0.1, 0.15) is 407 Å². The Labute approximate surface area is 602 Å². The Morgan fingerprint density at radius 1 is 0.414 bits per heavy atom. The topological polar surface area (TPSA) is 280 Å². The summed E-state index contributed by atoms with van der Waals surface area (Å²) in [6.45, 7) is 9.26. The van der Waals surface area contributed by atoms with E-state index in [-0.39, 0.29) is 25.7 Å². The number of hydrogen-bond acceptors (Lipinski definition) is 14. The molecule has 20 heteroatoms. The van der Waals surface area contributed by atoms with Crippen LogP contribution in [-0.4, -0.2) is 118 Å². The molecule has 0 aromatic carbocycles. The number of carbonyl (C=O) groups excluding carboxylic acids is 5. The van der Waals surface area contributed by atoms with Crippen molar-refractivity contribution in [2.24, 2.45) is 0 Å². The van der Waals surface area contributed by atoms with Crippen molar-refractivity contribution < 1.29 is 81.5 Å². The van der Waals surface area contributed by atoms with Crippen LogP contribution in [0.5, 0.6) is 0 Å². The van der Waals surface area contributed by atoms with E-state index in [1.807, 2.05) is 0 Å². The number of carboxylic acid groups (broad SMARTS) is 1. The SMILES string of the molecule is CCCCCCCCCCCCCC(=O)N[C@@H](CO[C@@H]1O[C@H](CO)[C@@H](OP(=O)(O)O)[C@H](OC(=O)C[C@@H](CCCCCCCCCCC)OC(=O)CCCCCCCCCCCCC)[C@H]1NC(=O)C[C@@H](CCCCCCCCCCC)OC(=O)CCCCCCCCCCCCC)C(=O)O. The van der Waals surface area contributed by atoms with Gasteiger partial charge in [0.1, 0.15) is 30.5 Å². The fraction of sp³-hybridized carbons (Fsp3) is 0.924. The molecular formula is C79H149N2O17P. The second kappa shape index (κ2) is 65.6. The minimum Gasteiger partial charge on any atom is -0.480 e. The standard InChI is InChI=1S/C79H149N2O17P/c1-6-11-16-21-26-31-34-39-44-49-54-59-70(83)80-68(78(88)89)65-93-79-75(81-71(84)62-66(57-52-47-42-37-29-24-19-14-9-4)94-72(85)60-55-50-45-40-35-32-27-22-17-12-7-2)77(76(69(64-82)96-79)98-99(90,91)92)97-74(87)63-67(58-53-48-43-38-30-25-20-15-10-5)95-73(86)61-56-51-46-41-36-33-28-23-18-13-8-3/h66-69,75-77,79,82H,6-65H2,1-5H3,(H,80,83)(H,81,84)(H,88,89)(H2,90,91,92)/t66-,67-,68+,69-,75-,76-,77-,79-/m1/s1. The lowest BCUT2D eigenvalue weighted by atomic mass is 9.95. The summed E-state index contributed by atoms with van der Waals surface area (Å²) in [5.74, 6) is -4.64. The Bertz CT molecular complexity index is 2010. The number of aliphatic carboxylic acids is 1. The summed E-state index contributed by atoms with van der Waals surface area (Å²) in [6.07, 6.45) is 45.7. The van der Waals surface area contributed by atoms with Crippen molar-refractivity contribution >= 4 is 43.5 Å². The van der Waals surface area contributed by atoms with Gasteiger partial charge in [-0.15, -0.1) is 0 Å². The molecule has 2 amide bonds.